The highest BCUT2D eigenvalue weighted by molar-refractivity contribution is 6.30. The number of aromatic nitrogens is 2. The van der Waals surface area contributed by atoms with Crippen molar-refractivity contribution >= 4 is 17.3 Å². The minimum Gasteiger partial charge on any atom is -0.372 e. The second kappa shape index (κ2) is 6.54. The molecule has 2 rings (SSSR count). The van der Waals surface area contributed by atoms with Gasteiger partial charge in [-0.3, -0.25) is 4.79 Å². The van der Waals surface area contributed by atoms with Gasteiger partial charge < -0.3 is 10.6 Å². The molecule has 1 aromatic carbocycles. The number of hydrogen-bond donors (Lipinski definition) is 1. The molecule has 0 aliphatic heterocycles. The third-order valence-corrected chi connectivity index (χ3v) is 3.22. The third kappa shape index (κ3) is 3.59. The van der Waals surface area contributed by atoms with Crippen LogP contribution in [0, 0.1) is 0 Å². The first kappa shape index (κ1) is 14.6. The standard InChI is InChI=1S/C14H17ClN4O/c1-18(6-5-16)13-8-14(20)19(17-9-13)10-11-3-2-4-12(15)7-11/h2-4,7-9H,5-6,10,16H2,1H3. The Labute approximate surface area is 122 Å². The number of halogens is 1. The van der Waals surface area contributed by atoms with E-state index in [1.807, 2.05) is 30.1 Å². The van der Waals surface area contributed by atoms with Crippen molar-refractivity contribution in [3.05, 3.63) is 57.5 Å². The maximum Gasteiger partial charge on any atom is 0.269 e. The fourth-order valence-electron chi connectivity index (χ4n) is 1.88. The smallest absolute Gasteiger partial charge is 0.269 e. The normalized spacial score (nSPS) is 10.6. The summed E-state index contributed by atoms with van der Waals surface area (Å²) in [6.07, 6.45) is 1.67. The van der Waals surface area contributed by atoms with Crippen molar-refractivity contribution in [2.45, 2.75) is 6.54 Å². The summed E-state index contributed by atoms with van der Waals surface area (Å²) in [7, 11) is 1.88. The molecule has 0 unspecified atom stereocenters. The molecule has 0 atom stereocenters. The van der Waals surface area contributed by atoms with Crippen LogP contribution < -0.4 is 16.2 Å². The summed E-state index contributed by atoms with van der Waals surface area (Å²) in [5.74, 6) is 0. The summed E-state index contributed by atoms with van der Waals surface area (Å²) in [5, 5.41) is 4.83. The highest BCUT2D eigenvalue weighted by Gasteiger charge is 2.05. The topological polar surface area (TPSA) is 64.2 Å². The van der Waals surface area contributed by atoms with Gasteiger partial charge in [0.05, 0.1) is 18.4 Å². The molecule has 0 aliphatic carbocycles. The number of hydrogen-bond acceptors (Lipinski definition) is 4. The molecule has 0 radical (unpaired) electrons. The molecular formula is C14H17ClN4O. The molecule has 0 amide bonds. The van der Waals surface area contributed by atoms with E-state index < -0.39 is 0 Å². The highest BCUT2D eigenvalue weighted by atomic mass is 35.5. The van der Waals surface area contributed by atoms with Crippen molar-refractivity contribution in [1.82, 2.24) is 9.78 Å². The monoisotopic (exact) mass is 292 g/mol. The Morgan fingerprint density at radius 1 is 1.40 bits per heavy atom. The lowest BCUT2D eigenvalue weighted by Crippen LogP contribution is -2.29. The minimum atomic E-state index is -0.147. The van der Waals surface area contributed by atoms with Crippen molar-refractivity contribution < 1.29 is 0 Å². The Morgan fingerprint density at radius 3 is 2.85 bits per heavy atom. The van der Waals surface area contributed by atoms with Crippen LogP contribution in [-0.4, -0.2) is 29.9 Å². The highest BCUT2D eigenvalue weighted by Crippen LogP contribution is 2.11. The van der Waals surface area contributed by atoms with Crippen LogP contribution in [0.1, 0.15) is 5.56 Å². The number of nitrogens with zero attached hydrogens (tertiary/aromatic N) is 3. The molecule has 0 aliphatic rings. The van der Waals surface area contributed by atoms with E-state index in [-0.39, 0.29) is 5.56 Å². The van der Waals surface area contributed by atoms with E-state index in [4.69, 9.17) is 17.3 Å². The molecule has 20 heavy (non-hydrogen) atoms. The van der Waals surface area contributed by atoms with Gasteiger partial charge in [-0.2, -0.15) is 5.10 Å². The van der Waals surface area contributed by atoms with E-state index in [0.29, 0.717) is 24.7 Å². The predicted molar refractivity (Wildman–Crippen MR) is 81.4 cm³/mol. The van der Waals surface area contributed by atoms with Gasteiger partial charge in [0.25, 0.3) is 5.56 Å². The largest absolute Gasteiger partial charge is 0.372 e. The molecule has 1 aromatic heterocycles. The van der Waals surface area contributed by atoms with E-state index in [2.05, 4.69) is 5.10 Å². The number of nitrogens with two attached hydrogens (primary N) is 1. The second-order valence-electron chi connectivity index (χ2n) is 4.55. The molecule has 2 aromatic rings. The van der Waals surface area contributed by atoms with Gasteiger partial charge in [0.2, 0.25) is 0 Å². The molecule has 106 valence electrons. The van der Waals surface area contributed by atoms with E-state index in [9.17, 15) is 4.79 Å². The zero-order valence-electron chi connectivity index (χ0n) is 11.3. The summed E-state index contributed by atoms with van der Waals surface area (Å²) in [6, 6.07) is 8.95. The molecule has 1 heterocycles. The molecule has 2 N–H and O–H groups in total. The number of benzene rings is 1. The lowest BCUT2D eigenvalue weighted by molar-refractivity contribution is 0.637. The Hall–Kier alpha value is -1.85. The average Bonchev–Trinajstić information content (AvgIpc) is 2.41. The van der Waals surface area contributed by atoms with Gasteiger partial charge in [0.1, 0.15) is 0 Å². The molecule has 0 saturated carbocycles. The first-order valence-corrected chi connectivity index (χ1v) is 6.71. The zero-order chi connectivity index (χ0) is 14.5. The van der Waals surface area contributed by atoms with Gasteiger partial charge >= 0.3 is 0 Å². The fourth-order valence-corrected chi connectivity index (χ4v) is 2.10. The Bertz CT molecular complexity index is 641. The molecular weight excluding hydrogens is 276 g/mol. The first-order chi connectivity index (χ1) is 9.60. The van der Waals surface area contributed by atoms with Gasteiger partial charge in [-0.05, 0) is 17.7 Å². The van der Waals surface area contributed by atoms with E-state index in [1.54, 1.807) is 18.3 Å². The van der Waals surface area contributed by atoms with E-state index in [0.717, 1.165) is 11.3 Å². The molecule has 0 fully saturated rings. The summed E-state index contributed by atoms with van der Waals surface area (Å²) >= 11 is 5.93. The van der Waals surface area contributed by atoms with Crippen LogP contribution in [0.15, 0.2) is 41.3 Å². The number of rotatable bonds is 5. The summed E-state index contributed by atoms with van der Waals surface area (Å²) in [6.45, 7) is 1.61. The fraction of sp³-hybridized carbons (Fsp3) is 0.286. The van der Waals surface area contributed by atoms with Crippen LogP contribution in [0.2, 0.25) is 5.02 Å². The lowest BCUT2D eigenvalue weighted by Gasteiger charge is -2.17. The van der Waals surface area contributed by atoms with Crippen molar-refractivity contribution in [2.75, 3.05) is 25.0 Å². The lowest BCUT2D eigenvalue weighted by atomic mass is 10.2. The van der Waals surface area contributed by atoms with Crippen molar-refractivity contribution in [3.63, 3.8) is 0 Å². The average molecular weight is 293 g/mol. The van der Waals surface area contributed by atoms with Crippen LogP contribution in [0.4, 0.5) is 5.69 Å². The Kier molecular flexibility index (Phi) is 4.76. The zero-order valence-corrected chi connectivity index (χ0v) is 12.0. The van der Waals surface area contributed by atoms with Gasteiger partial charge in [-0.15, -0.1) is 0 Å². The number of anilines is 1. The summed E-state index contributed by atoms with van der Waals surface area (Å²) in [5.41, 5.74) is 7.05. The van der Waals surface area contributed by atoms with Crippen LogP contribution >= 0.6 is 11.6 Å². The molecule has 0 saturated heterocycles. The van der Waals surface area contributed by atoms with Gasteiger partial charge in [0.15, 0.2) is 0 Å². The quantitative estimate of drug-likeness (QED) is 0.903. The van der Waals surface area contributed by atoms with E-state index >= 15 is 0 Å². The van der Waals surface area contributed by atoms with Crippen molar-refractivity contribution in [3.8, 4) is 0 Å². The molecule has 6 heteroatoms. The molecule has 0 spiro atoms. The van der Waals surface area contributed by atoms with Gasteiger partial charge in [-0.25, -0.2) is 4.68 Å². The third-order valence-electron chi connectivity index (χ3n) is 2.98. The second-order valence-corrected chi connectivity index (χ2v) is 4.99. The summed E-state index contributed by atoms with van der Waals surface area (Å²) < 4.78 is 1.41. The van der Waals surface area contributed by atoms with Gasteiger partial charge in [-0.1, -0.05) is 23.7 Å². The minimum absolute atomic E-state index is 0.147. The molecule has 5 nitrogen and oxygen atoms in total. The van der Waals surface area contributed by atoms with Crippen LogP contribution in [0.5, 0.6) is 0 Å². The van der Waals surface area contributed by atoms with Crippen molar-refractivity contribution in [1.29, 1.82) is 0 Å². The maximum atomic E-state index is 12.0. The van der Waals surface area contributed by atoms with Crippen LogP contribution in [-0.2, 0) is 6.54 Å². The van der Waals surface area contributed by atoms with E-state index in [1.165, 1.54) is 4.68 Å². The van der Waals surface area contributed by atoms with Crippen LogP contribution in [0.25, 0.3) is 0 Å². The maximum absolute atomic E-state index is 12.0. The van der Waals surface area contributed by atoms with Crippen LogP contribution in [0.3, 0.4) is 0 Å². The SMILES string of the molecule is CN(CCN)c1cnn(Cc2cccc(Cl)c2)c(=O)c1. The molecule has 0 bridgehead atoms. The van der Waals surface area contributed by atoms with Gasteiger partial charge in [0, 0.05) is 31.2 Å². The predicted octanol–water partition coefficient (Wildman–Crippen LogP) is 1.34. The first-order valence-electron chi connectivity index (χ1n) is 6.33. The number of likely N-dealkylation sites (N-methyl/N-ethyl adjacent to an activating group) is 1. The summed E-state index contributed by atoms with van der Waals surface area (Å²) in [4.78, 5) is 13.9. The Balaban J connectivity index is 2.20. The Morgan fingerprint density at radius 2 is 2.20 bits per heavy atom. The van der Waals surface area contributed by atoms with Crippen molar-refractivity contribution in [2.24, 2.45) is 5.73 Å².